The van der Waals surface area contributed by atoms with Gasteiger partial charge in [-0.1, -0.05) is 12.1 Å². The molecule has 1 saturated heterocycles. The highest BCUT2D eigenvalue weighted by molar-refractivity contribution is 6.01. The molecule has 0 saturated carbocycles. The number of rotatable bonds is 1. The first-order valence-electron chi connectivity index (χ1n) is 6.49. The van der Waals surface area contributed by atoms with Crippen LogP contribution in [-0.4, -0.2) is 31.1 Å². The third-order valence-corrected chi connectivity index (χ3v) is 3.81. The largest absolute Gasteiger partial charge is 0.490 e. The second-order valence-electron chi connectivity index (χ2n) is 5.14. The van der Waals surface area contributed by atoms with Crippen molar-refractivity contribution in [3.05, 3.63) is 24.3 Å². The van der Waals surface area contributed by atoms with E-state index >= 15 is 0 Å². The van der Waals surface area contributed by atoms with Crippen molar-refractivity contribution >= 4 is 11.6 Å². The van der Waals surface area contributed by atoms with Crippen LogP contribution in [0, 0.1) is 0 Å². The van der Waals surface area contributed by atoms with Crippen LogP contribution in [0.25, 0.3) is 0 Å². The van der Waals surface area contributed by atoms with Gasteiger partial charge in [-0.25, -0.2) is 0 Å². The number of carbonyl (C=O) groups excluding carboxylic acids is 1. The van der Waals surface area contributed by atoms with E-state index in [1.165, 1.54) is 0 Å². The van der Waals surface area contributed by atoms with Crippen molar-refractivity contribution in [3.8, 4) is 5.75 Å². The van der Waals surface area contributed by atoms with Crippen LogP contribution >= 0.6 is 0 Å². The maximum Gasteiger partial charge on any atom is 0.247 e. The molecule has 0 bridgehead atoms. The van der Waals surface area contributed by atoms with Crippen LogP contribution in [-0.2, 0) is 4.79 Å². The first kappa shape index (κ1) is 11.5. The van der Waals surface area contributed by atoms with E-state index in [1.807, 2.05) is 36.1 Å². The molecule has 0 aromatic heterocycles. The number of nitrogens with one attached hydrogen (secondary N) is 1. The van der Waals surface area contributed by atoms with Crippen LogP contribution in [0.4, 0.5) is 5.69 Å². The number of ether oxygens (including phenoxy) is 1. The molecule has 1 fully saturated rings. The topological polar surface area (TPSA) is 41.6 Å². The monoisotopic (exact) mass is 246 g/mol. The Kier molecular flexibility index (Phi) is 2.74. The van der Waals surface area contributed by atoms with Crippen molar-refractivity contribution in [2.45, 2.75) is 25.3 Å². The predicted molar refractivity (Wildman–Crippen MR) is 69.9 cm³/mol. The third-order valence-electron chi connectivity index (χ3n) is 3.81. The van der Waals surface area contributed by atoms with Crippen LogP contribution in [0.5, 0.6) is 5.75 Å². The highest BCUT2D eigenvalue weighted by Gasteiger charge is 2.40. The van der Waals surface area contributed by atoms with Gasteiger partial charge in [0.2, 0.25) is 5.91 Å². The summed E-state index contributed by atoms with van der Waals surface area (Å²) in [5.41, 5.74) is 0.480. The summed E-state index contributed by atoms with van der Waals surface area (Å²) in [4.78, 5) is 14.6. The minimum absolute atomic E-state index is 0.163. The average molecular weight is 246 g/mol. The molecule has 1 amide bonds. The molecule has 0 radical (unpaired) electrons. The lowest BCUT2D eigenvalue weighted by Crippen LogP contribution is -2.54. The van der Waals surface area contributed by atoms with Crippen molar-refractivity contribution < 1.29 is 9.53 Å². The molecule has 0 spiro atoms. The van der Waals surface area contributed by atoms with E-state index in [1.54, 1.807) is 0 Å². The molecule has 1 aromatic rings. The molecular formula is C14H18N2O2. The zero-order valence-corrected chi connectivity index (χ0v) is 10.6. The first-order valence-corrected chi connectivity index (χ1v) is 6.49. The Morgan fingerprint density at radius 3 is 3.06 bits per heavy atom. The quantitative estimate of drug-likeness (QED) is 0.817. The van der Waals surface area contributed by atoms with Gasteiger partial charge in [-0.3, -0.25) is 4.79 Å². The van der Waals surface area contributed by atoms with E-state index in [0.717, 1.165) is 30.8 Å². The lowest BCUT2D eigenvalue weighted by atomic mass is 9.97. The Morgan fingerprint density at radius 1 is 1.44 bits per heavy atom. The molecule has 18 heavy (non-hydrogen) atoms. The Morgan fingerprint density at radius 2 is 2.28 bits per heavy atom. The molecule has 1 N–H and O–H groups in total. The highest BCUT2D eigenvalue weighted by Crippen LogP contribution is 2.33. The standard InChI is InChI=1S/C14H18N2O2/c1-14(7-4-8-15-14)13(17)16-9-10-18-12-6-3-2-5-11(12)16/h2-3,5-6,15H,4,7-10H2,1H3. The fourth-order valence-corrected chi connectivity index (χ4v) is 2.76. The maximum absolute atomic E-state index is 12.7. The molecule has 1 atom stereocenters. The number of anilines is 1. The van der Waals surface area contributed by atoms with Crippen molar-refractivity contribution in [2.75, 3.05) is 24.6 Å². The van der Waals surface area contributed by atoms with Crippen LogP contribution < -0.4 is 15.0 Å². The van der Waals surface area contributed by atoms with E-state index < -0.39 is 5.54 Å². The van der Waals surface area contributed by atoms with Gasteiger partial charge in [-0.2, -0.15) is 0 Å². The van der Waals surface area contributed by atoms with Crippen molar-refractivity contribution in [1.82, 2.24) is 5.32 Å². The summed E-state index contributed by atoms with van der Waals surface area (Å²) in [6.45, 7) is 4.13. The van der Waals surface area contributed by atoms with E-state index in [-0.39, 0.29) is 5.91 Å². The minimum atomic E-state index is -0.412. The van der Waals surface area contributed by atoms with Gasteiger partial charge in [0, 0.05) is 0 Å². The van der Waals surface area contributed by atoms with E-state index in [2.05, 4.69) is 5.32 Å². The molecule has 1 unspecified atom stereocenters. The van der Waals surface area contributed by atoms with Crippen LogP contribution in [0.3, 0.4) is 0 Å². The van der Waals surface area contributed by atoms with Gasteiger partial charge in [0.25, 0.3) is 0 Å². The lowest BCUT2D eigenvalue weighted by Gasteiger charge is -2.35. The number of amides is 1. The average Bonchev–Trinajstić information content (AvgIpc) is 2.85. The molecule has 4 nitrogen and oxygen atoms in total. The van der Waals surface area contributed by atoms with Gasteiger partial charge >= 0.3 is 0 Å². The van der Waals surface area contributed by atoms with Gasteiger partial charge < -0.3 is 15.0 Å². The molecule has 2 aliphatic heterocycles. The second-order valence-corrected chi connectivity index (χ2v) is 5.14. The summed E-state index contributed by atoms with van der Waals surface area (Å²) >= 11 is 0. The molecular weight excluding hydrogens is 228 g/mol. The Balaban J connectivity index is 1.92. The molecule has 2 aliphatic rings. The fraction of sp³-hybridized carbons (Fsp3) is 0.500. The maximum atomic E-state index is 12.7. The summed E-state index contributed by atoms with van der Waals surface area (Å²) < 4.78 is 5.59. The summed E-state index contributed by atoms with van der Waals surface area (Å²) in [7, 11) is 0. The Labute approximate surface area is 107 Å². The van der Waals surface area contributed by atoms with Gasteiger partial charge in [0.1, 0.15) is 12.4 Å². The summed E-state index contributed by atoms with van der Waals surface area (Å²) in [6.07, 6.45) is 1.97. The number of carbonyl (C=O) groups is 1. The Hall–Kier alpha value is -1.55. The van der Waals surface area contributed by atoms with Gasteiger partial charge in [0.05, 0.1) is 17.8 Å². The van der Waals surface area contributed by atoms with Crippen LogP contribution in [0.15, 0.2) is 24.3 Å². The van der Waals surface area contributed by atoms with Gasteiger partial charge in [-0.15, -0.1) is 0 Å². The molecule has 1 aromatic carbocycles. The predicted octanol–water partition coefficient (Wildman–Crippen LogP) is 1.55. The summed E-state index contributed by atoms with van der Waals surface area (Å²) in [5.74, 6) is 0.967. The number of benzene rings is 1. The van der Waals surface area contributed by atoms with Crippen LogP contribution in [0.2, 0.25) is 0 Å². The van der Waals surface area contributed by atoms with Gasteiger partial charge in [-0.05, 0) is 38.4 Å². The van der Waals surface area contributed by atoms with Crippen molar-refractivity contribution in [2.24, 2.45) is 0 Å². The SMILES string of the molecule is CC1(C(=O)N2CCOc3ccccc32)CCCN1. The Bertz CT molecular complexity index is 467. The molecule has 0 aliphatic carbocycles. The summed E-state index contributed by atoms with van der Waals surface area (Å²) in [5, 5.41) is 3.33. The van der Waals surface area contributed by atoms with Crippen molar-refractivity contribution in [3.63, 3.8) is 0 Å². The van der Waals surface area contributed by atoms with Crippen molar-refractivity contribution in [1.29, 1.82) is 0 Å². The third kappa shape index (κ3) is 1.77. The highest BCUT2D eigenvalue weighted by atomic mass is 16.5. The normalized spacial score (nSPS) is 26.6. The van der Waals surface area contributed by atoms with Gasteiger partial charge in [0.15, 0.2) is 0 Å². The fourth-order valence-electron chi connectivity index (χ4n) is 2.76. The second kappa shape index (κ2) is 4.28. The summed E-state index contributed by atoms with van der Waals surface area (Å²) in [6, 6.07) is 7.74. The smallest absolute Gasteiger partial charge is 0.247 e. The number of fused-ring (bicyclic) bond motifs is 1. The zero-order valence-electron chi connectivity index (χ0n) is 10.6. The van der Waals surface area contributed by atoms with Crippen LogP contribution in [0.1, 0.15) is 19.8 Å². The first-order chi connectivity index (χ1) is 8.71. The van der Waals surface area contributed by atoms with E-state index in [4.69, 9.17) is 4.74 Å². The number of nitrogens with zero attached hydrogens (tertiary/aromatic N) is 1. The molecule has 2 heterocycles. The number of para-hydroxylation sites is 2. The molecule has 96 valence electrons. The number of hydrogen-bond acceptors (Lipinski definition) is 3. The number of hydrogen-bond donors (Lipinski definition) is 1. The zero-order chi connectivity index (χ0) is 12.6. The minimum Gasteiger partial charge on any atom is -0.490 e. The lowest BCUT2D eigenvalue weighted by molar-refractivity contribution is -0.124. The molecule has 4 heteroatoms. The van der Waals surface area contributed by atoms with E-state index in [0.29, 0.717) is 13.2 Å². The molecule has 3 rings (SSSR count). The van der Waals surface area contributed by atoms with E-state index in [9.17, 15) is 4.79 Å².